The summed E-state index contributed by atoms with van der Waals surface area (Å²) in [4.78, 5) is 13.3. The summed E-state index contributed by atoms with van der Waals surface area (Å²) < 4.78 is 6.26. The second-order valence-corrected chi connectivity index (χ2v) is 5.85. The lowest BCUT2D eigenvalue weighted by Crippen LogP contribution is -2.36. The molecule has 0 spiro atoms. The molecule has 0 aliphatic carbocycles. The topological polar surface area (TPSA) is 86.0 Å². The number of hydrogen-bond donors (Lipinski definition) is 2. The highest BCUT2D eigenvalue weighted by molar-refractivity contribution is 5.94. The van der Waals surface area contributed by atoms with E-state index < -0.39 is 0 Å². The third-order valence-electron chi connectivity index (χ3n) is 4.11. The number of ether oxygens (including phenoxy) is 1. The Hall–Kier alpha value is -2.11. The highest BCUT2D eigenvalue weighted by Crippen LogP contribution is 2.35. The van der Waals surface area contributed by atoms with Crippen LogP contribution in [0.2, 0.25) is 0 Å². The summed E-state index contributed by atoms with van der Waals surface area (Å²) in [6.45, 7) is 6.28. The fraction of sp³-hybridized carbons (Fsp3) is 0.562. The van der Waals surface area contributed by atoms with Gasteiger partial charge < -0.3 is 15.8 Å². The zero-order valence-corrected chi connectivity index (χ0v) is 13.4. The number of aromatic nitrogens is 3. The second-order valence-electron chi connectivity index (χ2n) is 5.85. The molecule has 2 aromatic heterocycles. The van der Waals surface area contributed by atoms with Crippen molar-refractivity contribution >= 4 is 22.7 Å². The van der Waals surface area contributed by atoms with Gasteiger partial charge in [0.1, 0.15) is 17.3 Å². The maximum Gasteiger partial charge on any atom is 0.227 e. The van der Waals surface area contributed by atoms with Crippen LogP contribution >= 0.6 is 0 Å². The molecule has 2 unspecified atom stereocenters. The Balaban J connectivity index is 2.12. The van der Waals surface area contributed by atoms with Crippen LogP contribution in [0.4, 0.5) is 11.8 Å². The third-order valence-corrected chi connectivity index (χ3v) is 4.11. The van der Waals surface area contributed by atoms with Gasteiger partial charge in [0.25, 0.3) is 0 Å². The van der Waals surface area contributed by atoms with E-state index in [1.54, 1.807) is 0 Å². The molecule has 2 atom stereocenters. The number of unbranched alkanes of at least 4 members (excludes halogenated alkanes) is 1. The smallest absolute Gasteiger partial charge is 0.227 e. The van der Waals surface area contributed by atoms with Crippen LogP contribution in [0.25, 0.3) is 10.9 Å². The molecule has 0 bridgehead atoms. The zero-order chi connectivity index (χ0) is 15.7. The molecule has 0 radical (unpaired) electrons. The van der Waals surface area contributed by atoms with E-state index in [0.29, 0.717) is 5.88 Å². The summed E-state index contributed by atoms with van der Waals surface area (Å²) >= 11 is 0. The molecule has 3 heterocycles. The molecule has 0 amide bonds. The average molecular weight is 301 g/mol. The number of nitrogens with zero attached hydrogens (tertiary/aromatic N) is 3. The molecule has 6 nitrogen and oxygen atoms in total. The van der Waals surface area contributed by atoms with E-state index in [0.717, 1.165) is 48.1 Å². The van der Waals surface area contributed by atoms with Gasteiger partial charge in [-0.25, -0.2) is 9.97 Å². The van der Waals surface area contributed by atoms with Crippen LogP contribution in [-0.2, 0) is 0 Å². The van der Waals surface area contributed by atoms with Gasteiger partial charge in [0, 0.05) is 5.69 Å². The summed E-state index contributed by atoms with van der Waals surface area (Å²) in [6.07, 6.45) is 4.30. The molecule has 0 saturated heterocycles. The molecule has 1 aliphatic heterocycles. The monoisotopic (exact) mass is 301 g/mol. The molecule has 2 aromatic rings. The lowest BCUT2D eigenvalue weighted by atomic mass is 10.0. The molecule has 0 fully saturated rings. The second kappa shape index (κ2) is 5.94. The molecular weight excluding hydrogens is 278 g/mol. The maximum atomic E-state index is 6.26. The number of nitrogens with one attached hydrogen (secondary N) is 1. The van der Waals surface area contributed by atoms with Crippen molar-refractivity contribution in [1.29, 1.82) is 0 Å². The first kappa shape index (κ1) is 14.8. The molecule has 1 aliphatic rings. The molecule has 3 rings (SSSR count). The number of nitrogen functional groups attached to an aromatic ring is 1. The number of rotatable bonds is 4. The van der Waals surface area contributed by atoms with Crippen molar-refractivity contribution in [3.8, 4) is 5.88 Å². The van der Waals surface area contributed by atoms with Gasteiger partial charge in [-0.2, -0.15) is 4.98 Å². The van der Waals surface area contributed by atoms with Gasteiger partial charge in [0.05, 0.1) is 11.6 Å². The number of pyridine rings is 1. The zero-order valence-electron chi connectivity index (χ0n) is 13.4. The maximum absolute atomic E-state index is 6.26. The number of aryl methyl sites for hydroxylation is 1. The van der Waals surface area contributed by atoms with Gasteiger partial charge in [-0.15, -0.1) is 0 Å². The molecule has 3 N–H and O–H groups in total. The van der Waals surface area contributed by atoms with Crippen molar-refractivity contribution in [2.45, 2.75) is 58.6 Å². The summed E-state index contributed by atoms with van der Waals surface area (Å²) in [5.41, 5.74) is 7.51. The molecule has 6 heteroatoms. The van der Waals surface area contributed by atoms with Gasteiger partial charge in [-0.1, -0.05) is 20.3 Å². The van der Waals surface area contributed by atoms with Gasteiger partial charge in [0.15, 0.2) is 0 Å². The quantitative estimate of drug-likeness (QED) is 0.902. The van der Waals surface area contributed by atoms with Crippen molar-refractivity contribution in [3.05, 3.63) is 11.8 Å². The first-order chi connectivity index (χ1) is 10.6. The van der Waals surface area contributed by atoms with Crippen molar-refractivity contribution < 1.29 is 4.74 Å². The van der Waals surface area contributed by atoms with Crippen LogP contribution in [0.15, 0.2) is 6.07 Å². The van der Waals surface area contributed by atoms with Crippen molar-refractivity contribution in [1.82, 2.24) is 15.0 Å². The lowest BCUT2D eigenvalue weighted by Gasteiger charge is -2.25. The van der Waals surface area contributed by atoms with Crippen molar-refractivity contribution in [3.63, 3.8) is 0 Å². The SMILES string of the molecule is CCCCC1Oc2nc(C)cc3nc(N)nc(c23)NC1CC. The minimum absolute atomic E-state index is 0.0814. The summed E-state index contributed by atoms with van der Waals surface area (Å²) in [6, 6.07) is 2.11. The fourth-order valence-corrected chi connectivity index (χ4v) is 2.97. The standard InChI is InChI=1S/C16H23N5O/c1-4-6-7-12-10(5-2)19-14-13-11(20-16(17)21-14)8-9(3)18-15(13)22-12/h8,10,12H,4-7H2,1-3H3,(H3,17,19,20,21). The Kier molecular flexibility index (Phi) is 4.00. The Bertz CT molecular complexity index is 683. The van der Waals surface area contributed by atoms with Crippen molar-refractivity contribution in [2.75, 3.05) is 11.1 Å². The van der Waals surface area contributed by atoms with E-state index in [1.165, 1.54) is 0 Å². The molecule has 118 valence electrons. The average Bonchev–Trinajstić information content (AvgIpc) is 2.61. The largest absolute Gasteiger partial charge is 0.472 e. The normalized spacial score (nSPS) is 20.3. The fourth-order valence-electron chi connectivity index (χ4n) is 2.97. The Morgan fingerprint density at radius 1 is 1.27 bits per heavy atom. The van der Waals surface area contributed by atoms with E-state index in [9.17, 15) is 0 Å². The Labute approximate surface area is 130 Å². The highest BCUT2D eigenvalue weighted by atomic mass is 16.5. The van der Waals surface area contributed by atoms with E-state index >= 15 is 0 Å². The van der Waals surface area contributed by atoms with E-state index in [2.05, 4.69) is 34.1 Å². The van der Waals surface area contributed by atoms with Crippen LogP contribution < -0.4 is 15.8 Å². The molecule has 22 heavy (non-hydrogen) atoms. The third kappa shape index (κ3) is 2.65. The Morgan fingerprint density at radius 3 is 2.82 bits per heavy atom. The number of anilines is 2. The van der Waals surface area contributed by atoms with E-state index in [4.69, 9.17) is 10.5 Å². The van der Waals surface area contributed by atoms with E-state index in [1.807, 2.05) is 13.0 Å². The summed E-state index contributed by atoms with van der Waals surface area (Å²) in [5.74, 6) is 1.62. The lowest BCUT2D eigenvalue weighted by molar-refractivity contribution is 0.161. The van der Waals surface area contributed by atoms with Gasteiger partial charge in [-0.3, -0.25) is 0 Å². The number of hydrogen-bond acceptors (Lipinski definition) is 6. The van der Waals surface area contributed by atoms with Crippen LogP contribution in [0, 0.1) is 6.92 Å². The minimum Gasteiger partial charge on any atom is -0.472 e. The van der Waals surface area contributed by atoms with Gasteiger partial charge in [-0.05, 0) is 32.3 Å². The molecule has 0 saturated carbocycles. The van der Waals surface area contributed by atoms with Crippen molar-refractivity contribution in [2.24, 2.45) is 0 Å². The molecular formula is C16H23N5O. The first-order valence-corrected chi connectivity index (χ1v) is 8.00. The predicted octanol–water partition coefficient (Wildman–Crippen LogP) is 3.06. The highest BCUT2D eigenvalue weighted by Gasteiger charge is 2.29. The minimum atomic E-state index is 0.0814. The van der Waals surface area contributed by atoms with Gasteiger partial charge >= 0.3 is 0 Å². The summed E-state index contributed by atoms with van der Waals surface area (Å²) in [5, 5.41) is 4.33. The van der Waals surface area contributed by atoms with Gasteiger partial charge in [0.2, 0.25) is 11.8 Å². The van der Waals surface area contributed by atoms with Crippen LogP contribution in [0.3, 0.4) is 0 Å². The molecule has 0 aromatic carbocycles. The predicted molar refractivity (Wildman–Crippen MR) is 88.1 cm³/mol. The van der Waals surface area contributed by atoms with Crippen LogP contribution in [0.5, 0.6) is 5.88 Å². The Morgan fingerprint density at radius 2 is 2.09 bits per heavy atom. The van der Waals surface area contributed by atoms with Crippen LogP contribution in [0.1, 0.15) is 45.2 Å². The van der Waals surface area contributed by atoms with Crippen LogP contribution in [-0.4, -0.2) is 27.1 Å². The first-order valence-electron chi connectivity index (χ1n) is 8.00. The van der Waals surface area contributed by atoms with E-state index in [-0.39, 0.29) is 18.1 Å². The number of nitrogens with two attached hydrogens (primary N) is 1. The summed E-state index contributed by atoms with van der Waals surface area (Å²) in [7, 11) is 0.